The SMILES string of the molecule is CC(=NNC(=O)c1ccc(C)c([N+](=O)[O-])c1)c1ccc(O)cc1O. The predicted molar refractivity (Wildman–Crippen MR) is 87.3 cm³/mol. The van der Waals surface area contributed by atoms with E-state index < -0.39 is 10.8 Å². The van der Waals surface area contributed by atoms with Gasteiger partial charge in [0.1, 0.15) is 11.5 Å². The molecule has 8 heteroatoms. The van der Waals surface area contributed by atoms with E-state index in [0.717, 1.165) is 6.07 Å². The van der Waals surface area contributed by atoms with Gasteiger partial charge in [-0.3, -0.25) is 14.9 Å². The quantitative estimate of drug-likeness (QED) is 0.451. The van der Waals surface area contributed by atoms with Crippen LogP contribution in [-0.2, 0) is 0 Å². The van der Waals surface area contributed by atoms with Crippen LogP contribution in [0.15, 0.2) is 41.5 Å². The maximum absolute atomic E-state index is 12.1. The van der Waals surface area contributed by atoms with Crippen LogP contribution in [0.4, 0.5) is 5.69 Å². The Morgan fingerprint density at radius 3 is 2.54 bits per heavy atom. The van der Waals surface area contributed by atoms with Crippen molar-refractivity contribution < 1.29 is 19.9 Å². The molecule has 0 saturated heterocycles. The number of nitrogens with one attached hydrogen (secondary N) is 1. The Hall–Kier alpha value is -3.42. The van der Waals surface area contributed by atoms with Crippen LogP contribution in [0.5, 0.6) is 11.5 Å². The van der Waals surface area contributed by atoms with Crippen molar-refractivity contribution in [3.05, 3.63) is 63.2 Å². The molecule has 0 atom stereocenters. The van der Waals surface area contributed by atoms with Crippen molar-refractivity contribution in [1.29, 1.82) is 0 Å². The zero-order valence-electron chi connectivity index (χ0n) is 13.0. The smallest absolute Gasteiger partial charge is 0.273 e. The molecule has 8 nitrogen and oxygen atoms in total. The molecule has 0 unspecified atom stereocenters. The zero-order chi connectivity index (χ0) is 17.9. The second-order valence-electron chi connectivity index (χ2n) is 5.10. The highest BCUT2D eigenvalue weighted by Crippen LogP contribution is 2.23. The number of aromatic hydroxyl groups is 2. The highest BCUT2D eigenvalue weighted by Gasteiger charge is 2.15. The van der Waals surface area contributed by atoms with Crippen LogP contribution in [0.2, 0.25) is 0 Å². The average molecular weight is 329 g/mol. The molecule has 0 aromatic heterocycles. The molecule has 124 valence electrons. The van der Waals surface area contributed by atoms with Gasteiger partial charge in [0.15, 0.2) is 0 Å². The Morgan fingerprint density at radius 1 is 1.21 bits per heavy atom. The van der Waals surface area contributed by atoms with Gasteiger partial charge in [0.05, 0.1) is 10.6 Å². The largest absolute Gasteiger partial charge is 0.508 e. The Balaban J connectivity index is 2.20. The standard InChI is InChI=1S/C16H15N3O5/c1-9-3-4-11(7-14(9)19(23)24)16(22)18-17-10(2)13-6-5-12(20)8-15(13)21/h3-8,20-21H,1-2H3,(H,18,22). The summed E-state index contributed by atoms with van der Waals surface area (Å²) >= 11 is 0. The normalized spacial score (nSPS) is 11.2. The number of aryl methyl sites for hydroxylation is 1. The third-order valence-corrected chi connectivity index (χ3v) is 3.36. The van der Waals surface area contributed by atoms with E-state index in [4.69, 9.17) is 0 Å². The molecule has 0 saturated carbocycles. The van der Waals surface area contributed by atoms with E-state index in [-0.39, 0.29) is 22.7 Å². The number of benzene rings is 2. The summed E-state index contributed by atoms with van der Waals surface area (Å²) in [4.78, 5) is 22.4. The van der Waals surface area contributed by atoms with Gasteiger partial charge in [0, 0.05) is 28.8 Å². The topological polar surface area (TPSA) is 125 Å². The number of carbonyl (C=O) groups is 1. The van der Waals surface area contributed by atoms with Gasteiger partial charge in [0.2, 0.25) is 0 Å². The Bertz CT molecular complexity index is 846. The lowest BCUT2D eigenvalue weighted by molar-refractivity contribution is -0.385. The summed E-state index contributed by atoms with van der Waals surface area (Å²) in [7, 11) is 0. The number of carbonyl (C=O) groups excluding carboxylic acids is 1. The lowest BCUT2D eigenvalue weighted by Crippen LogP contribution is -2.19. The molecule has 0 aliphatic heterocycles. The van der Waals surface area contributed by atoms with Crippen LogP contribution in [0.25, 0.3) is 0 Å². The molecule has 2 aromatic rings. The Labute approximate surface area is 137 Å². The molecule has 0 aliphatic rings. The number of nitro groups is 1. The van der Waals surface area contributed by atoms with E-state index in [1.807, 2.05) is 0 Å². The second kappa shape index (κ2) is 6.78. The first-order chi connectivity index (χ1) is 11.3. The van der Waals surface area contributed by atoms with Gasteiger partial charge in [-0.15, -0.1) is 0 Å². The molecule has 0 bridgehead atoms. The van der Waals surface area contributed by atoms with Crippen molar-refractivity contribution >= 4 is 17.3 Å². The molecular weight excluding hydrogens is 314 g/mol. The molecule has 2 aromatic carbocycles. The lowest BCUT2D eigenvalue weighted by atomic mass is 10.1. The molecule has 0 radical (unpaired) electrons. The molecule has 2 rings (SSSR count). The summed E-state index contributed by atoms with van der Waals surface area (Å²) in [5.74, 6) is -0.896. The molecule has 0 fully saturated rings. The van der Waals surface area contributed by atoms with E-state index in [0.29, 0.717) is 16.8 Å². The van der Waals surface area contributed by atoms with Crippen molar-refractivity contribution in [2.75, 3.05) is 0 Å². The Morgan fingerprint density at radius 2 is 1.92 bits per heavy atom. The highest BCUT2D eigenvalue weighted by molar-refractivity contribution is 6.02. The maximum Gasteiger partial charge on any atom is 0.273 e. The van der Waals surface area contributed by atoms with Gasteiger partial charge >= 0.3 is 0 Å². The number of phenolic OH excluding ortho intramolecular Hbond substituents is 2. The number of hydrogen-bond acceptors (Lipinski definition) is 6. The fraction of sp³-hybridized carbons (Fsp3) is 0.125. The third kappa shape index (κ3) is 3.67. The number of rotatable bonds is 4. The van der Waals surface area contributed by atoms with Gasteiger partial charge in [-0.1, -0.05) is 6.07 Å². The van der Waals surface area contributed by atoms with Gasteiger partial charge in [-0.05, 0) is 32.0 Å². The maximum atomic E-state index is 12.1. The van der Waals surface area contributed by atoms with Gasteiger partial charge in [-0.25, -0.2) is 5.43 Å². The van der Waals surface area contributed by atoms with Gasteiger partial charge in [-0.2, -0.15) is 5.10 Å². The minimum atomic E-state index is -0.615. The fourth-order valence-corrected chi connectivity index (χ4v) is 2.03. The number of amides is 1. The predicted octanol–water partition coefficient (Wildman–Crippen LogP) is 2.47. The molecular formula is C16H15N3O5. The number of nitrogens with zero attached hydrogens (tertiary/aromatic N) is 2. The summed E-state index contributed by atoms with van der Waals surface area (Å²) in [6.45, 7) is 3.14. The van der Waals surface area contributed by atoms with Crippen molar-refractivity contribution in [1.82, 2.24) is 5.43 Å². The first-order valence-corrected chi connectivity index (χ1v) is 6.91. The molecule has 1 amide bonds. The first kappa shape index (κ1) is 16.9. The number of phenols is 2. The van der Waals surface area contributed by atoms with Crippen LogP contribution in [0.3, 0.4) is 0 Å². The number of hydrogen-bond donors (Lipinski definition) is 3. The van der Waals surface area contributed by atoms with Crippen LogP contribution in [-0.4, -0.2) is 26.8 Å². The average Bonchev–Trinajstić information content (AvgIpc) is 2.52. The van der Waals surface area contributed by atoms with E-state index >= 15 is 0 Å². The van der Waals surface area contributed by atoms with Crippen LogP contribution in [0.1, 0.15) is 28.4 Å². The molecule has 0 aliphatic carbocycles. The van der Waals surface area contributed by atoms with Crippen molar-refractivity contribution in [2.24, 2.45) is 5.10 Å². The lowest BCUT2D eigenvalue weighted by Gasteiger charge is -2.06. The summed E-state index contributed by atoms with van der Waals surface area (Å²) < 4.78 is 0. The minimum Gasteiger partial charge on any atom is -0.508 e. The summed E-state index contributed by atoms with van der Waals surface area (Å²) in [6.07, 6.45) is 0. The molecule has 3 N–H and O–H groups in total. The number of hydrazone groups is 1. The third-order valence-electron chi connectivity index (χ3n) is 3.36. The summed E-state index contributed by atoms with van der Waals surface area (Å²) in [5.41, 5.74) is 3.31. The molecule has 0 spiro atoms. The minimum absolute atomic E-state index is 0.0961. The monoisotopic (exact) mass is 329 g/mol. The van der Waals surface area contributed by atoms with Crippen molar-refractivity contribution in [2.45, 2.75) is 13.8 Å². The van der Waals surface area contributed by atoms with Crippen LogP contribution in [0, 0.1) is 17.0 Å². The zero-order valence-corrected chi connectivity index (χ0v) is 13.0. The van der Waals surface area contributed by atoms with Crippen molar-refractivity contribution in [3.63, 3.8) is 0 Å². The van der Waals surface area contributed by atoms with Gasteiger partial charge in [0.25, 0.3) is 11.6 Å². The molecule has 0 heterocycles. The second-order valence-corrected chi connectivity index (χ2v) is 5.10. The Kier molecular flexibility index (Phi) is 4.78. The highest BCUT2D eigenvalue weighted by atomic mass is 16.6. The van der Waals surface area contributed by atoms with Crippen molar-refractivity contribution in [3.8, 4) is 11.5 Å². The van der Waals surface area contributed by atoms with Gasteiger partial charge < -0.3 is 10.2 Å². The van der Waals surface area contributed by atoms with E-state index in [1.54, 1.807) is 13.8 Å². The van der Waals surface area contributed by atoms with E-state index in [9.17, 15) is 25.1 Å². The summed E-state index contributed by atoms with van der Waals surface area (Å²) in [5, 5.41) is 33.8. The molecule has 24 heavy (non-hydrogen) atoms. The van der Waals surface area contributed by atoms with E-state index in [1.165, 1.54) is 30.3 Å². The van der Waals surface area contributed by atoms with Crippen LogP contribution < -0.4 is 5.43 Å². The number of nitro benzene ring substituents is 1. The fourth-order valence-electron chi connectivity index (χ4n) is 2.03. The first-order valence-electron chi connectivity index (χ1n) is 6.91. The van der Waals surface area contributed by atoms with E-state index in [2.05, 4.69) is 10.5 Å². The van der Waals surface area contributed by atoms with Crippen LogP contribution >= 0.6 is 0 Å². The summed E-state index contributed by atoms with van der Waals surface area (Å²) in [6, 6.07) is 8.09.